The molecule has 0 radical (unpaired) electrons. The smallest absolute Gasteiger partial charge is 0.376 e. The number of rotatable bonds is 4. The minimum Gasteiger partial charge on any atom is -0.455 e. The summed E-state index contributed by atoms with van der Waals surface area (Å²) >= 11 is 0. The molecule has 20 heavy (non-hydrogen) atoms. The number of hydrogen-bond donors (Lipinski definition) is 0. The molecule has 0 saturated carbocycles. The minimum atomic E-state index is -0.559. The number of carbonyl (C=O) groups is 2. The number of benzene rings is 1. The highest BCUT2D eigenvalue weighted by atomic mass is 16.5. The summed E-state index contributed by atoms with van der Waals surface area (Å²) < 4.78 is 10.3. The van der Waals surface area contributed by atoms with Crippen LogP contribution in [0.5, 0.6) is 0 Å². The number of esters is 1. The Morgan fingerprint density at radius 1 is 1.30 bits per heavy atom. The first-order valence-electron chi connectivity index (χ1n) is 6.18. The lowest BCUT2D eigenvalue weighted by molar-refractivity contribution is 0.0433. The summed E-state index contributed by atoms with van der Waals surface area (Å²) in [6, 6.07) is 6.97. The minimum absolute atomic E-state index is 0.0279. The standard InChI is InChI=1S/C15H15NO4/c1-9-14(20-11(3)16-9)15(18)19-8-12-5-4-6-13(7-12)10(2)17/h4-7H,8H2,1-3H3. The van der Waals surface area contributed by atoms with Crippen LogP contribution in [0.4, 0.5) is 0 Å². The highest BCUT2D eigenvalue weighted by Gasteiger charge is 2.17. The van der Waals surface area contributed by atoms with Crippen LogP contribution < -0.4 is 0 Å². The molecule has 1 heterocycles. The van der Waals surface area contributed by atoms with Gasteiger partial charge in [0.25, 0.3) is 0 Å². The van der Waals surface area contributed by atoms with E-state index < -0.39 is 5.97 Å². The predicted octanol–water partition coefficient (Wildman–Crippen LogP) is 2.85. The van der Waals surface area contributed by atoms with Crippen LogP contribution in [0.15, 0.2) is 28.7 Å². The first-order valence-corrected chi connectivity index (χ1v) is 6.18. The predicted molar refractivity (Wildman–Crippen MR) is 71.5 cm³/mol. The quantitative estimate of drug-likeness (QED) is 0.632. The van der Waals surface area contributed by atoms with E-state index in [1.165, 1.54) is 6.92 Å². The Bertz CT molecular complexity index is 658. The first kappa shape index (κ1) is 14.0. The summed E-state index contributed by atoms with van der Waals surface area (Å²) in [5.74, 6) is -0.0468. The average Bonchev–Trinajstić information content (AvgIpc) is 2.75. The van der Waals surface area contributed by atoms with Crippen molar-refractivity contribution in [2.75, 3.05) is 0 Å². The van der Waals surface area contributed by atoms with E-state index in [2.05, 4.69) is 4.98 Å². The van der Waals surface area contributed by atoms with Gasteiger partial charge in [0, 0.05) is 12.5 Å². The van der Waals surface area contributed by atoms with Gasteiger partial charge in [0.1, 0.15) is 6.61 Å². The van der Waals surface area contributed by atoms with E-state index in [0.29, 0.717) is 17.1 Å². The SMILES string of the molecule is CC(=O)c1cccc(COC(=O)c2oc(C)nc2C)c1. The molecule has 2 rings (SSSR count). The highest BCUT2D eigenvalue weighted by Crippen LogP contribution is 2.13. The van der Waals surface area contributed by atoms with Gasteiger partial charge in [-0.15, -0.1) is 0 Å². The zero-order chi connectivity index (χ0) is 14.7. The van der Waals surface area contributed by atoms with Crippen molar-refractivity contribution in [2.24, 2.45) is 0 Å². The summed E-state index contributed by atoms with van der Waals surface area (Å²) in [7, 11) is 0. The second-order valence-corrected chi connectivity index (χ2v) is 4.48. The maximum Gasteiger partial charge on any atom is 0.376 e. The van der Waals surface area contributed by atoms with Crippen LogP contribution >= 0.6 is 0 Å². The molecule has 0 amide bonds. The van der Waals surface area contributed by atoms with Crippen molar-refractivity contribution in [1.29, 1.82) is 0 Å². The van der Waals surface area contributed by atoms with Crippen molar-refractivity contribution in [3.05, 3.63) is 52.7 Å². The Kier molecular flexibility index (Phi) is 3.98. The number of oxazole rings is 1. The summed E-state index contributed by atoms with van der Waals surface area (Å²) in [6.07, 6.45) is 0. The third-order valence-corrected chi connectivity index (χ3v) is 2.79. The summed E-state index contributed by atoms with van der Waals surface area (Å²) in [5.41, 5.74) is 1.84. The third-order valence-electron chi connectivity index (χ3n) is 2.79. The van der Waals surface area contributed by atoms with Gasteiger partial charge in [0.15, 0.2) is 11.7 Å². The zero-order valence-corrected chi connectivity index (χ0v) is 11.6. The lowest BCUT2D eigenvalue weighted by Crippen LogP contribution is -2.06. The van der Waals surface area contributed by atoms with Crippen molar-refractivity contribution in [2.45, 2.75) is 27.4 Å². The van der Waals surface area contributed by atoms with Gasteiger partial charge in [-0.3, -0.25) is 4.79 Å². The number of ether oxygens (including phenoxy) is 1. The van der Waals surface area contributed by atoms with E-state index in [1.807, 2.05) is 0 Å². The molecule has 2 aromatic rings. The Balaban J connectivity index is 2.05. The number of ketones is 1. The molecule has 104 valence electrons. The molecule has 5 heteroatoms. The maximum atomic E-state index is 11.8. The van der Waals surface area contributed by atoms with Gasteiger partial charge >= 0.3 is 5.97 Å². The van der Waals surface area contributed by atoms with Crippen LogP contribution in [0.1, 0.15) is 45.0 Å². The zero-order valence-electron chi connectivity index (χ0n) is 11.6. The van der Waals surface area contributed by atoms with Crippen molar-refractivity contribution in [3.8, 4) is 0 Å². The van der Waals surface area contributed by atoms with Crippen molar-refractivity contribution >= 4 is 11.8 Å². The fourth-order valence-electron chi connectivity index (χ4n) is 1.82. The van der Waals surface area contributed by atoms with Gasteiger partial charge in [-0.05, 0) is 25.5 Å². The van der Waals surface area contributed by atoms with Gasteiger partial charge in [0.2, 0.25) is 5.76 Å². The molecule has 5 nitrogen and oxygen atoms in total. The number of nitrogens with zero attached hydrogens (tertiary/aromatic N) is 1. The van der Waals surface area contributed by atoms with Crippen molar-refractivity contribution < 1.29 is 18.7 Å². The lowest BCUT2D eigenvalue weighted by atomic mass is 10.1. The molecule has 0 spiro atoms. The molecule has 0 atom stereocenters. The Morgan fingerprint density at radius 2 is 2.05 bits per heavy atom. The van der Waals surface area contributed by atoms with Crippen molar-refractivity contribution in [1.82, 2.24) is 4.98 Å². The molecule has 1 aromatic carbocycles. The van der Waals surface area contributed by atoms with E-state index >= 15 is 0 Å². The number of aromatic nitrogens is 1. The summed E-state index contributed by atoms with van der Waals surface area (Å²) in [5, 5.41) is 0. The maximum absolute atomic E-state index is 11.8. The lowest BCUT2D eigenvalue weighted by Gasteiger charge is -2.04. The number of Topliss-reactive ketones (excluding diaryl/α,β-unsaturated/α-hetero) is 1. The largest absolute Gasteiger partial charge is 0.455 e. The molecule has 0 N–H and O–H groups in total. The Hall–Kier alpha value is -2.43. The van der Waals surface area contributed by atoms with Crippen molar-refractivity contribution in [3.63, 3.8) is 0 Å². The molecule has 0 unspecified atom stereocenters. The molecular weight excluding hydrogens is 258 g/mol. The van der Waals surface area contributed by atoms with Crippen LogP contribution in [0, 0.1) is 13.8 Å². The topological polar surface area (TPSA) is 69.4 Å². The second-order valence-electron chi connectivity index (χ2n) is 4.48. The van der Waals surface area contributed by atoms with Gasteiger partial charge < -0.3 is 9.15 Å². The molecular formula is C15H15NO4. The number of carbonyl (C=O) groups excluding carboxylic acids is 2. The fraction of sp³-hybridized carbons (Fsp3) is 0.267. The molecule has 1 aromatic heterocycles. The van der Waals surface area contributed by atoms with E-state index in [9.17, 15) is 9.59 Å². The molecule has 0 fully saturated rings. The van der Waals surface area contributed by atoms with Crippen LogP contribution in [-0.4, -0.2) is 16.7 Å². The van der Waals surface area contributed by atoms with E-state index in [0.717, 1.165) is 5.56 Å². The highest BCUT2D eigenvalue weighted by molar-refractivity contribution is 5.94. The van der Waals surface area contributed by atoms with Gasteiger partial charge in [-0.2, -0.15) is 0 Å². The average molecular weight is 273 g/mol. The Morgan fingerprint density at radius 3 is 2.65 bits per heavy atom. The third kappa shape index (κ3) is 3.12. The van der Waals surface area contributed by atoms with Crippen LogP contribution in [0.25, 0.3) is 0 Å². The summed E-state index contributed by atoms with van der Waals surface area (Å²) in [4.78, 5) is 27.1. The van der Waals surface area contributed by atoms with Gasteiger partial charge in [-0.1, -0.05) is 18.2 Å². The first-order chi connectivity index (χ1) is 9.47. The normalized spacial score (nSPS) is 10.3. The van der Waals surface area contributed by atoms with Crippen LogP contribution in [0.2, 0.25) is 0 Å². The van der Waals surface area contributed by atoms with E-state index in [1.54, 1.807) is 38.1 Å². The monoisotopic (exact) mass is 273 g/mol. The van der Waals surface area contributed by atoms with Gasteiger partial charge in [-0.25, -0.2) is 9.78 Å². The second kappa shape index (κ2) is 5.69. The summed E-state index contributed by atoms with van der Waals surface area (Å²) in [6.45, 7) is 4.93. The number of hydrogen-bond acceptors (Lipinski definition) is 5. The van der Waals surface area contributed by atoms with E-state index in [4.69, 9.17) is 9.15 Å². The molecule has 0 aliphatic heterocycles. The van der Waals surface area contributed by atoms with Crippen LogP contribution in [0.3, 0.4) is 0 Å². The Labute approximate surface area is 116 Å². The fourth-order valence-corrected chi connectivity index (χ4v) is 1.82. The molecule has 0 aliphatic carbocycles. The molecule has 0 bridgehead atoms. The molecule has 0 aliphatic rings. The van der Waals surface area contributed by atoms with E-state index in [-0.39, 0.29) is 18.2 Å². The van der Waals surface area contributed by atoms with Crippen LogP contribution in [-0.2, 0) is 11.3 Å². The molecule has 0 saturated heterocycles. The number of aryl methyl sites for hydroxylation is 2. The van der Waals surface area contributed by atoms with Gasteiger partial charge in [0.05, 0.1) is 5.69 Å².